The summed E-state index contributed by atoms with van der Waals surface area (Å²) in [6.07, 6.45) is 0. The molecule has 0 saturated heterocycles. The molecule has 0 aliphatic rings. The van der Waals surface area contributed by atoms with E-state index in [1.807, 2.05) is 32.0 Å². The van der Waals surface area contributed by atoms with Gasteiger partial charge in [0.25, 0.3) is 0 Å². The van der Waals surface area contributed by atoms with Gasteiger partial charge in [-0.3, -0.25) is 0 Å². The number of primary sulfonamides is 1. The molecular weight excluding hydrogens is 354 g/mol. The molecule has 5 nitrogen and oxygen atoms in total. The van der Waals surface area contributed by atoms with Gasteiger partial charge in [-0.25, -0.2) is 18.5 Å². The van der Waals surface area contributed by atoms with Crippen molar-refractivity contribution in [1.29, 1.82) is 0 Å². The summed E-state index contributed by atoms with van der Waals surface area (Å²) in [5.41, 5.74) is 3.44. The Balaban J connectivity index is 2.29. The molecule has 21 heavy (non-hydrogen) atoms. The quantitative estimate of drug-likeness (QED) is 0.811. The van der Waals surface area contributed by atoms with Crippen LogP contribution in [0.5, 0.6) is 0 Å². The zero-order valence-corrected chi connectivity index (χ0v) is 14.1. The van der Waals surface area contributed by atoms with Crippen LogP contribution in [0.15, 0.2) is 39.8 Å². The van der Waals surface area contributed by atoms with Crippen LogP contribution in [0.2, 0.25) is 0 Å². The van der Waals surface area contributed by atoms with Crippen molar-refractivity contribution in [2.75, 3.05) is 5.32 Å². The molecule has 0 fully saturated rings. The van der Waals surface area contributed by atoms with Crippen LogP contribution >= 0.6 is 15.9 Å². The van der Waals surface area contributed by atoms with Crippen LogP contribution in [0.4, 0.5) is 5.69 Å². The van der Waals surface area contributed by atoms with Crippen LogP contribution in [0.1, 0.15) is 16.8 Å². The number of rotatable bonds is 4. The van der Waals surface area contributed by atoms with Crippen molar-refractivity contribution in [1.82, 2.24) is 4.98 Å². The maximum absolute atomic E-state index is 11.5. The Hall–Kier alpha value is -1.44. The highest BCUT2D eigenvalue weighted by Crippen LogP contribution is 2.24. The fraction of sp³-hybridized carbons (Fsp3) is 0.214. The van der Waals surface area contributed by atoms with Crippen LogP contribution in [-0.2, 0) is 16.6 Å². The molecule has 2 aromatic rings. The summed E-state index contributed by atoms with van der Waals surface area (Å²) in [6.45, 7) is 4.28. The largest absolute Gasteiger partial charge is 0.379 e. The van der Waals surface area contributed by atoms with Gasteiger partial charge in [0.2, 0.25) is 10.0 Å². The predicted molar refractivity (Wildman–Crippen MR) is 86.6 cm³/mol. The summed E-state index contributed by atoms with van der Waals surface area (Å²) < 4.78 is 23.8. The first-order valence-corrected chi connectivity index (χ1v) is 8.60. The minimum atomic E-state index is -3.72. The van der Waals surface area contributed by atoms with Crippen LogP contribution in [0.3, 0.4) is 0 Å². The third kappa shape index (κ3) is 4.03. The van der Waals surface area contributed by atoms with E-state index in [0.717, 1.165) is 27.1 Å². The van der Waals surface area contributed by atoms with E-state index >= 15 is 0 Å². The SMILES string of the molecule is Cc1cc(S(N)(=O)=O)cc(NCc2cccc(Br)n2)c1C. The molecule has 0 unspecified atom stereocenters. The lowest BCUT2D eigenvalue weighted by Crippen LogP contribution is -2.13. The lowest BCUT2D eigenvalue weighted by molar-refractivity contribution is 0.597. The third-order valence-corrected chi connectivity index (χ3v) is 4.54. The molecule has 0 aliphatic heterocycles. The number of benzene rings is 1. The van der Waals surface area contributed by atoms with Gasteiger partial charge >= 0.3 is 0 Å². The van der Waals surface area contributed by atoms with Gasteiger partial charge in [-0.2, -0.15) is 0 Å². The van der Waals surface area contributed by atoms with Crippen molar-refractivity contribution in [3.8, 4) is 0 Å². The summed E-state index contributed by atoms with van der Waals surface area (Å²) in [7, 11) is -3.72. The third-order valence-electron chi connectivity index (χ3n) is 3.20. The smallest absolute Gasteiger partial charge is 0.238 e. The molecule has 3 N–H and O–H groups in total. The average molecular weight is 370 g/mol. The van der Waals surface area contributed by atoms with E-state index in [1.165, 1.54) is 0 Å². The van der Waals surface area contributed by atoms with Crippen LogP contribution in [-0.4, -0.2) is 13.4 Å². The average Bonchev–Trinajstić information content (AvgIpc) is 2.39. The summed E-state index contributed by atoms with van der Waals surface area (Å²) in [4.78, 5) is 4.43. The standard InChI is InChI=1S/C14H16BrN3O2S/c1-9-6-12(21(16,19)20)7-13(10(9)2)17-8-11-4-3-5-14(15)18-11/h3-7,17H,8H2,1-2H3,(H2,16,19,20). The number of aromatic nitrogens is 1. The van der Waals surface area contributed by atoms with Gasteiger partial charge in [-0.1, -0.05) is 6.07 Å². The molecule has 7 heteroatoms. The van der Waals surface area contributed by atoms with E-state index in [-0.39, 0.29) is 4.90 Å². The molecule has 0 spiro atoms. The van der Waals surface area contributed by atoms with E-state index in [4.69, 9.17) is 5.14 Å². The fourth-order valence-electron chi connectivity index (χ4n) is 1.91. The van der Waals surface area contributed by atoms with Crippen molar-refractivity contribution in [3.05, 3.63) is 51.8 Å². The number of nitrogens with zero attached hydrogens (tertiary/aromatic N) is 1. The zero-order valence-electron chi connectivity index (χ0n) is 11.7. The molecule has 2 rings (SSSR count). The molecule has 0 atom stereocenters. The van der Waals surface area contributed by atoms with Gasteiger partial charge < -0.3 is 5.32 Å². The van der Waals surface area contributed by atoms with E-state index in [9.17, 15) is 8.42 Å². The zero-order chi connectivity index (χ0) is 15.6. The number of hydrogen-bond acceptors (Lipinski definition) is 4. The second-order valence-corrected chi connectivity index (χ2v) is 7.14. The Morgan fingerprint density at radius 2 is 2.00 bits per heavy atom. The number of hydrogen-bond donors (Lipinski definition) is 2. The number of aryl methyl sites for hydroxylation is 1. The molecule has 0 amide bonds. The second kappa shape index (κ2) is 6.13. The molecular formula is C14H16BrN3O2S. The van der Waals surface area contributed by atoms with Crippen molar-refractivity contribution in [2.45, 2.75) is 25.3 Å². The van der Waals surface area contributed by atoms with Crippen LogP contribution in [0, 0.1) is 13.8 Å². The Morgan fingerprint density at radius 3 is 2.62 bits per heavy atom. The lowest BCUT2D eigenvalue weighted by Gasteiger charge is -2.13. The van der Waals surface area contributed by atoms with Crippen molar-refractivity contribution >= 4 is 31.6 Å². The highest BCUT2D eigenvalue weighted by molar-refractivity contribution is 9.10. The Bertz CT molecular complexity index is 776. The Kier molecular flexibility index (Phi) is 4.65. The second-order valence-electron chi connectivity index (χ2n) is 4.76. The van der Waals surface area contributed by atoms with Crippen LogP contribution < -0.4 is 10.5 Å². The molecule has 1 heterocycles. The van der Waals surface area contributed by atoms with Gasteiger partial charge in [0.15, 0.2) is 0 Å². The first kappa shape index (κ1) is 15.9. The fourth-order valence-corrected chi connectivity index (χ4v) is 2.91. The molecule has 0 bridgehead atoms. The van der Waals surface area contributed by atoms with E-state index in [0.29, 0.717) is 6.54 Å². The topological polar surface area (TPSA) is 85.1 Å². The lowest BCUT2D eigenvalue weighted by atomic mass is 10.1. The summed E-state index contributed by atoms with van der Waals surface area (Å²) in [6, 6.07) is 8.76. The normalized spacial score (nSPS) is 11.4. The predicted octanol–water partition coefficient (Wildman–Crippen LogP) is 2.72. The van der Waals surface area contributed by atoms with Gasteiger partial charge in [0.05, 0.1) is 17.1 Å². The van der Waals surface area contributed by atoms with Gasteiger partial charge in [0, 0.05) is 5.69 Å². The van der Waals surface area contributed by atoms with Crippen LogP contribution in [0.25, 0.3) is 0 Å². The number of sulfonamides is 1. The maximum Gasteiger partial charge on any atom is 0.238 e. The van der Waals surface area contributed by atoms with Crippen molar-refractivity contribution in [2.24, 2.45) is 5.14 Å². The molecule has 1 aromatic carbocycles. The molecule has 0 aliphatic carbocycles. The van der Waals surface area contributed by atoms with Crippen molar-refractivity contribution < 1.29 is 8.42 Å². The van der Waals surface area contributed by atoms with Gasteiger partial charge in [-0.15, -0.1) is 0 Å². The number of halogens is 1. The molecule has 0 saturated carbocycles. The summed E-state index contributed by atoms with van der Waals surface area (Å²) >= 11 is 3.32. The number of nitrogens with two attached hydrogens (primary N) is 1. The molecule has 0 radical (unpaired) electrons. The monoisotopic (exact) mass is 369 g/mol. The minimum absolute atomic E-state index is 0.107. The summed E-state index contributed by atoms with van der Waals surface area (Å²) in [5.74, 6) is 0. The molecule has 112 valence electrons. The summed E-state index contributed by atoms with van der Waals surface area (Å²) in [5, 5.41) is 8.40. The Morgan fingerprint density at radius 1 is 1.29 bits per heavy atom. The van der Waals surface area contributed by atoms with E-state index in [1.54, 1.807) is 12.1 Å². The highest BCUT2D eigenvalue weighted by Gasteiger charge is 2.12. The number of anilines is 1. The minimum Gasteiger partial charge on any atom is -0.379 e. The number of pyridine rings is 1. The maximum atomic E-state index is 11.5. The van der Waals surface area contributed by atoms with E-state index < -0.39 is 10.0 Å². The van der Waals surface area contributed by atoms with Gasteiger partial charge in [0.1, 0.15) is 4.60 Å². The van der Waals surface area contributed by atoms with E-state index in [2.05, 4.69) is 26.2 Å². The first-order chi connectivity index (χ1) is 9.77. The number of nitrogens with one attached hydrogen (secondary N) is 1. The highest BCUT2D eigenvalue weighted by atomic mass is 79.9. The van der Waals surface area contributed by atoms with Gasteiger partial charge in [-0.05, 0) is 65.2 Å². The molecule has 1 aromatic heterocycles. The Labute approximate surface area is 132 Å². The first-order valence-electron chi connectivity index (χ1n) is 6.27. The van der Waals surface area contributed by atoms with Crippen molar-refractivity contribution in [3.63, 3.8) is 0 Å².